The van der Waals surface area contributed by atoms with Crippen LogP contribution in [0.25, 0.3) is 0 Å². The Labute approximate surface area is 155 Å². The number of rotatable bonds is 7. The molecule has 1 aromatic heterocycles. The first-order chi connectivity index (χ1) is 12.9. The van der Waals surface area contributed by atoms with Crippen LogP contribution in [0.3, 0.4) is 0 Å². The molecule has 146 valence electrons. The van der Waals surface area contributed by atoms with Crippen LogP contribution in [0.2, 0.25) is 0 Å². The lowest BCUT2D eigenvalue weighted by Crippen LogP contribution is -2.40. The minimum Gasteiger partial charge on any atom is -0.383 e. The Bertz CT molecular complexity index is 897. The summed E-state index contributed by atoms with van der Waals surface area (Å²) < 4.78 is 32.5. The van der Waals surface area contributed by atoms with E-state index in [0.29, 0.717) is 12.4 Å². The second kappa shape index (κ2) is 7.94. The van der Waals surface area contributed by atoms with Crippen molar-refractivity contribution in [2.75, 3.05) is 38.2 Å². The summed E-state index contributed by atoms with van der Waals surface area (Å²) in [4.78, 5) is 10.4. The largest absolute Gasteiger partial charge is 0.383 e. The van der Waals surface area contributed by atoms with Crippen LogP contribution in [0.5, 0.6) is 0 Å². The SMILES string of the molecule is C[C@H](CNc1ccc([N+](=O)[O-])cc1S(=O)(=O)N1CCOCC1)c1nn[nH]n1. The number of nitrogens with zero attached hydrogens (tertiary/aromatic N) is 5. The van der Waals surface area contributed by atoms with E-state index < -0.39 is 14.9 Å². The number of hydrogen-bond donors (Lipinski definition) is 2. The quantitative estimate of drug-likeness (QED) is 0.497. The van der Waals surface area contributed by atoms with Gasteiger partial charge >= 0.3 is 0 Å². The van der Waals surface area contributed by atoms with Gasteiger partial charge in [0.25, 0.3) is 5.69 Å². The summed E-state index contributed by atoms with van der Waals surface area (Å²) in [6.45, 7) is 3.13. The number of sulfonamides is 1. The monoisotopic (exact) mass is 397 g/mol. The molecule has 2 heterocycles. The normalized spacial score (nSPS) is 16.8. The summed E-state index contributed by atoms with van der Waals surface area (Å²) in [5.41, 5.74) is -0.0129. The van der Waals surface area contributed by atoms with E-state index in [0.717, 1.165) is 6.07 Å². The van der Waals surface area contributed by atoms with Crippen LogP contribution in [0, 0.1) is 10.1 Å². The average molecular weight is 397 g/mol. The number of aromatic nitrogens is 4. The number of tetrazole rings is 1. The van der Waals surface area contributed by atoms with Crippen molar-refractivity contribution in [3.8, 4) is 0 Å². The van der Waals surface area contributed by atoms with Crippen LogP contribution in [0.15, 0.2) is 23.1 Å². The number of anilines is 1. The third-order valence-corrected chi connectivity index (χ3v) is 6.10. The molecule has 0 radical (unpaired) electrons. The van der Waals surface area contributed by atoms with E-state index in [9.17, 15) is 18.5 Å². The number of nitro benzene ring substituents is 1. The number of aromatic amines is 1. The lowest BCUT2D eigenvalue weighted by molar-refractivity contribution is -0.385. The molecule has 1 fully saturated rings. The predicted octanol–water partition coefficient (Wildman–Crippen LogP) is 0.344. The Morgan fingerprint density at radius 3 is 2.78 bits per heavy atom. The van der Waals surface area contributed by atoms with Gasteiger partial charge in [-0.2, -0.15) is 9.52 Å². The maximum absolute atomic E-state index is 13.0. The summed E-state index contributed by atoms with van der Waals surface area (Å²) in [5, 5.41) is 27.8. The van der Waals surface area contributed by atoms with Crippen LogP contribution < -0.4 is 5.32 Å². The van der Waals surface area contributed by atoms with Gasteiger partial charge in [0.2, 0.25) is 10.0 Å². The number of H-pyrrole nitrogens is 1. The lowest BCUT2D eigenvalue weighted by Gasteiger charge is -2.27. The summed E-state index contributed by atoms with van der Waals surface area (Å²) in [6, 6.07) is 3.74. The molecule has 1 aliphatic rings. The fraction of sp³-hybridized carbons (Fsp3) is 0.500. The number of benzene rings is 1. The van der Waals surface area contributed by atoms with Gasteiger partial charge in [-0.1, -0.05) is 12.1 Å². The minimum absolute atomic E-state index is 0.140. The van der Waals surface area contributed by atoms with Crippen molar-refractivity contribution >= 4 is 21.4 Å². The maximum Gasteiger partial charge on any atom is 0.270 e. The third kappa shape index (κ3) is 4.20. The van der Waals surface area contributed by atoms with E-state index in [2.05, 4.69) is 25.9 Å². The molecule has 0 spiro atoms. The van der Waals surface area contributed by atoms with Gasteiger partial charge in [0, 0.05) is 37.7 Å². The first kappa shape index (κ1) is 19.1. The van der Waals surface area contributed by atoms with Gasteiger partial charge in [-0.15, -0.1) is 10.2 Å². The Hall–Kier alpha value is -2.64. The molecule has 1 saturated heterocycles. The van der Waals surface area contributed by atoms with Crippen LogP contribution >= 0.6 is 0 Å². The van der Waals surface area contributed by atoms with Crippen molar-refractivity contribution < 1.29 is 18.1 Å². The second-order valence-electron chi connectivity index (χ2n) is 6.01. The molecule has 13 heteroatoms. The standard InChI is InChI=1S/C14H19N7O5S/c1-10(14-16-18-19-17-14)9-15-12-3-2-11(21(22)23)8-13(12)27(24,25)20-4-6-26-7-5-20/h2-3,8,10,15H,4-7,9H2,1H3,(H,16,17,18,19)/t10-/m1/s1. The maximum atomic E-state index is 13.0. The molecule has 12 nitrogen and oxygen atoms in total. The molecule has 0 unspecified atom stereocenters. The van der Waals surface area contributed by atoms with Gasteiger partial charge < -0.3 is 10.1 Å². The molecule has 0 saturated carbocycles. The van der Waals surface area contributed by atoms with Gasteiger partial charge in [0.1, 0.15) is 4.90 Å². The topological polar surface area (TPSA) is 156 Å². The molecule has 1 aliphatic heterocycles. The second-order valence-corrected chi connectivity index (χ2v) is 7.91. The first-order valence-corrected chi connectivity index (χ1v) is 9.67. The highest BCUT2D eigenvalue weighted by molar-refractivity contribution is 7.89. The van der Waals surface area contributed by atoms with Crippen LogP contribution in [0.4, 0.5) is 11.4 Å². The molecule has 0 aliphatic carbocycles. The summed E-state index contributed by atoms with van der Waals surface area (Å²) in [7, 11) is -3.91. The molecule has 0 bridgehead atoms. The molecule has 2 aromatic rings. The number of non-ortho nitro benzene ring substituents is 1. The van der Waals surface area contributed by atoms with E-state index in [1.807, 2.05) is 6.92 Å². The number of ether oxygens (including phenoxy) is 1. The zero-order valence-corrected chi connectivity index (χ0v) is 15.3. The van der Waals surface area contributed by atoms with Crippen LogP contribution in [-0.2, 0) is 14.8 Å². The van der Waals surface area contributed by atoms with Crippen molar-refractivity contribution in [3.05, 3.63) is 34.1 Å². The predicted molar refractivity (Wildman–Crippen MR) is 93.8 cm³/mol. The molecular formula is C14H19N7O5S. The zero-order chi connectivity index (χ0) is 19.4. The van der Waals surface area contributed by atoms with E-state index in [1.54, 1.807) is 0 Å². The van der Waals surface area contributed by atoms with E-state index in [4.69, 9.17) is 4.74 Å². The first-order valence-electron chi connectivity index (χ1n) is 8.23. The molecule has 27 heavy (non-hydrogen) atoms. The number of nitrogens with one attached hydrogen (secondary N) is 2. The van der Waals surface area contributed by atoms with Gasteiger partial charge in [-0.25, -0.2) is 8.42 Å². The highest BCUT2D eigenvalue weighted by atomic mass is 32.2. The lowest BCUT2D eigenvalue weighted by atomic mass is 10.1. The van der Waals surface area contributed by atoms with E-state index in [1.165, 1.54) is 16.4 Å². The molecule has 1 atom stereocenters. The molecule has 0 amide bonds. The highest BCUT2D eigenvalue weighted by Crippen LogP contribution is 2.30. The van der Waals surface area contributed by atoms with Gasteiger partial charge in [-0.05, 0) is 6.07 Å². The average Bonchev–Trinajstić information content (AvgIpc) is 3.21. The van der Waals surface area contributed by atoms with Crippen molar-refractivity contribution in [3.63, 3.8) is 0 Å². The fourth-order valence-corrected chi connectivity index (χ4v) is 4.24. The van der Waals surface area contributed by atoms with Gasteiger partial charge in [0.05, 0.1) is 23.8 Å². The third-order valence-electron chi connectivity index (χ3n) is 4.17. The summed E-state index contributed by atoms with van der Waals surface area (Å²) >= 11 is 0. The summed E-state index contributed by atoms with van der Waals surface area (Å²) in [5.74, 6) is 0.319. The van der Waals surface area contributed by atoms with Crippen LogP contribution in [0.1, 0.15) is 18.7 Å². The number of morpholine rings is 1. The van der Waals surface area contributed by atoms with Gasteiger partial charge in [0.15, 0.2) is 5.82 Å². The van der Waals surface area contributed by atoms with Crippen molar-refractivity contribution in [1.82, 2.24) is 24.9 Å². The van der Waals surface area contributed by atoms with Crippen LogP contribution in [-0.4, -0.2) is 71.1 Å². The van der Waals surface area contributed by atoms with E-state index in [-0.39, 0.29) is 48.5 Å². The van der Waals surface area contributed by atoms with Crippen molar-refractivity contribution in [2.45, 2.75) is 17.7 Å². The van der Waals surface area contributed by atoms with Gasteiger partial charge in [-0.3, -0.25) is 10.1 Å². The molecule has 1 aromatic carbocycles. The molecular weight excluding hydrogens is 378 g/mol. The highest BCUT2D eigenvalue weighted by Gasteiger charge is 2.30. The Morgan fingerprint density at radius 1 is 1.41 bits per heavy atom. The van der Waals surface area contributed by atoms with Crippen molar-refractivity contribution in [1.29, 1.82) is 0 Å². The Morgan fingerprint density at radius 2 is 2.15 bits per heavy atom. The van der Waals surface area contributed by atoms with Crippen molar-refractivity contribution in [2.24, 2.45) is 0 Å². The number of hydrogen-bond acceptors (Lipinski definition) is 9. The number of nitro groups is 1. The molecule has 2 N–H and O–H groups in total. The zero-order valence-electron chi connectivity index (χ0n) is 14.5. The van der Waals surface area contributed by atoms with E-state index >= 15 is 0 Å². The smallest absolute Gasteiger partial charge is 0.270 e. The molecule has 3 rings (SSSR count). The minimum atomic E-state index is -3.91. The Kier molecular flexibility index (Phi) is 5.62. The fourth-order valence-electron chi connectivity index (χ4n) is 2.64. The summed E-state index contributed by atoms with van der Waals surface area (Å²) in [6.07, 6.45) is 0. The Balaban J connectivity index is 1.89.